The van der Waals surface area contributed by atoms with Crippen molar-refractivity contribution >= 4 is 0 Å². The number of benzene rings is 1. The van der Waals surface area contributed by atoms with Crippen LogP contribution in [0.4, 0.5) is 0 Å². The molecular weight excluding hydrogens is 278 g/mol. The molecule has 1 atom stereocenters. The van der Waals surface area contributed by atoms with Crippen LogP contribution in [0.5, 0.6) is 5.75 Å². The molecule has 5 nitrogen and oxygen atoms in total. The molecular formula is C17H23N3O2. The zero-order chi connectivity index (χ0) is 15.6. The van der Waals surface area contributed by atoms with Crippen LogP contribution in [-0.4, -0.2) is 34.5 Å². The first kappa shape index (κ1) is 15.0. The first-order valence-corrected chi connectivity index (χ1v) is 7.74. The van der Waals surface area contributed by atoms with Crippen LogP contribution in [0, 0.1) is 0 Å². The summed E-state index contributed by atoms with van der Waals surface area (Å²) < 4.78 is 11.2. The van der Waals surface area contributed by atoms with E-state index in [0.29, 0.717) is 12.3 Å². The van der Waals surface area contributed by atoms with Crippen molar-refractivity contribution in [2.75, 3.05) is 13.7 Å². The largest absolute Gasteiger partial charge is 0.496 e. The second-order valence-electron chi connectivity index (χ2n) is 6.43. The van der Waals surface area contributed by atoms with Crippen LogP contribution in [0.3, 0.4) is 0 Å². The third-order valence-electron chi connectivity index (χ3n) is 4.16. The zero-order valence-corrected chi connectivity index (χ0v) is 13.4. The van der Waals surface area contributed by atoms with Crippen LogP contribution < -0.4 is 4.74 Å². The van der Waals surface area contributed by atoms with Crippen LogP contribution in [-0.2, 0) is 11.2 Å². The van der Waals surface area contributed by atoms with Gasteiger partial charge in [0.1, 0.15) is 11.6 Å². The summed E-state index contributed by atoms with van der Waals surface area (Å²) in [6.45, 7) is 5.02. The number of ether oxygens (including phenoxy) is 2. The van der Waals surface area contributed by atoms with Gasteiger partial charge >= 0.3 is 0 Å². The summed E-state index contributed by atoms with van der Waals surface area (Å²) in [5, 5.41) is 7.50. The fraction of sp³-hybridized carbons (Fsp3) is 0.529. The van der Waals surface area contributed by atoms with Gasteiger partial charge in [-0.15, -0.1) is 0 Å². The van der Waals surface area contributed by atoms with Crippen molar-refractivity contribution in [1.29, 1.82) is 0 Å². The van der Waals surface area contributed by atoms with Crippen molar-refractivity contribution in [1.82, 2.24) is 15.2 Å². The average Bonchev–Trinajstić information content (AvgIpc) is 2.95. The third kappa shape index (κ3) is 3.30. The fourth-order valence-electron chi connectivity index (χ4n) is 3.05. The Balaban J connectivity index is 1.74. The van der Waals surface area contributed by atoms with Gasteiger partial charge in [-0.3, -0.25) is 5.10 Å². The molecule has 1 aromatic heterocycles. The highest BCUT2D eigenvalue weighted by atomic mass is 16.5. The van der Waals surface area contributed by atoms with Gasteiger partial charge in [0.05, 0.1) is 12.7 Å². The number of hydrogen-bond acceptors (Lipinski definition) is 4. The lowest BCUT2D eigenvalue weighted by Crippen LogP contribution is -2.33. The van der Waals surface area contributed by atoms with Gasteiger partial charge in [0.2, 0.25) is 0 Å². The SMILES string of the molecule is COc1ccccc1Cc1nc([C@H]2CCOC(C)(C)C2)n[nH]1. The highest BCUT2D eigenvalue weighted by Gasteiger charge is 2.31. The van der Waals surface area contributed by atoms with Crippen LogP contribution in [0.25, 0.3) is 0 Å². The maximum absolute atomic E-state index is 5.77. The summed E-state index contributed by atoms with van der Waals surface area (Å²) in [5.41, 5.74) is 1.02. The normalized spacial score (nSPS) is 20.8. The molecule has 0 unspecified atom stereocenters. The number of nitrogens with one attached hydrogen (secondary N) is 1. The van der Waals surface area contributed by atoms with Crippen molar-refractivity contribution in [3.63, 3.8) is 0 Å². The van der Waals surface area contributed by atoms with E-state index in [1.54, 1.807) is 7.11 Å². The van der Waals surface area contributed by atoms with Gasteiger partial charge in [-0.2, -0.15) is 5.10 Å². The summed E-state index contributed by atoms with van der Waals surface area (Å²) in [6.07, 6.45) is 2.64. The highest BCUT2D eigenvalue weighted by molar-refractivity contribution is 5.35. The first-order valence-electron chi connectivity index (χ1n) is 7.74. The third-order valence-corrected chi connectivity index (χ3v) is 4.16. The molecule has 0 spiro atoms. The predicted molar refractivity (Wildman–Crippen MR) is 84.2 cm³/mol. The monoisotopic (exact) mass is 301 g/mol. The summed E-state index contributed by atoms with van der Waals surface area (Å²) in [5.74, 6) is 3.03. The van der Waals surface area contributed by atoms with E-state index in [-0.39, 0.29) is 5.60 Å². The Bertz CT molecular complexity index is 636. The summed E-state index contributed by atoms with van der Waals surface area (Å²) in [6, 6.07) is 8.00. The molecule has 0 aliphatic carbocycles. The Kier molecular flexibility index (Phi) is 4.16. The number of para-hydroxylation sites is 1. The van der Waals surface area contributed by atoms with E-state index < -0.39 is 0 Å². The summed E-state index contributed by atoms with van der Waals surface area (Å²) in [7, 11) is 1.69. The second-order valence-corrected chi connectivity index (χ2v) is 6.43. The smallest absolute Gasteiger partial charge is 0.153 e. The molecule has 5 heteroatoms. The molecule has 1 N–H and O–H groups in total. The van der Waals surface area contributed by atoms with Gasteiger partial charge in [0, 0.05) is 24.5 Å². The van der Waals surface area contributed by atoms with Crippen LogP contribution >= 0.6 is 0 Å². The van der Waals surface area contributed by atoms with E-state index in [2.05, 4.69) is 30.1 Å². The van der Waals surface area contributed by atoms with Crippen molar-refractivity contribution in [3.8, 4) is 5.75 Å². The number of aromatic nitrogens is 3. The number of rotatable bonds is 4. The van der Waals surface area contributed by atoms with E-state index in [9.17, 15) is 0 Å². The maximum Gasteiger partial charge on any atom is 0.153 e. The van der Waals surface area contributed by atoms with E-state index in [4.69, 9.17) is 14.5 Å². The van der Waals surface area contributed by atoms with Crippen LogP contribution in [0.15, 0.2) is 24.3 Å². The molecule has 0 saturated carbocycles. The minimum atomic E-state index is -0.0909. The molecule has 1 aliphatic rings. The van der Waals surface area contributed by atoms with E-state index in [0.717, 1.165) is 42.4 Å². The molecule has 0 radical (unpaired) electrons. The van der Waals surface area contributed by atoms with Crippen molar-refractivity contribution in [2.45, 2.75) is 44.6 Å². The van der Waals surface area contributed by atoms with Gasteiger partial charge in [-0.1, -0.05) is 18.2 Å². The van der Waals surface area contributed by atoms with E-state index in [1.165, 1.54) is 0 Å². The standard InChI is InChI=1S/C17H23N3O2/c1-17(2)11-13(8-9-22-17)16-18-15(19-20-16)10-12-6-4-5-7-14(12)21-3/h4-7,13H,8-11H2,1-3H3,(H,18,19,20)/t13-/m0/s1. The minimum absolute atomic E-state index is 0.0909. The number of nitrogens with zero attached hydrogens (tertiary/aromatic N) is 2. The van der Waals surface area contributed by atoms with Gasteiger partial charge in [-0.25, -0.2) is 4.98 Å². The Hall–Kier alpha value is -1.88. The fourth-order valence-corrected chi connectivity index (χ4v) is 3.05. The molecule has 2 heterocycles. The lowest BCUT2D eigenvalue weighted by Gasteiger charge is -2.34. The molecule has 1 aromatic carbocycles. The molecule has 118 valence electrons. The van der Waals surface area contributed by atoms with Gasteiger partial charge < -0.3 is 9.47 Å². The van der Waals surface area contributed by atoms with Crippen LogP contribution in [0.2, 0.25) is 0 Å². The molecule has 1 saturated heterocycles. The van der Waals surface area contributed by atoms with Gasteiger partial charge in [0.15, 0.2) is 5.82 Å². The summed E-state index contributed by atoms with van der Waals surface area (Å²) >= 11 is 0. The number of aromatic amines is 1. The number of methoxy groups -OCH3 is 1. The Morgan fingerprint density at radius 2 is 2.18 bits per heavy atom. The molecule has 2 aromatic rings. The zero-order valence-electron chi connectivity index (χ0n) is 13.4. The first-order chi connectivity index (χ1) is 10.6. The molecule has 0 bridgehead atoms. The molecule has 1 fully saturated rings. The quantitative estimate of drug-likeness (QED) is 0.943. The Morgan fingerprint density at radius 3 is 2.95 bits per heavy atom. The van der Waals surface area contributed by atoms with Gasteiger partial charge in [-0.05, 0) is 32.8 Å². The highest BCUT2D eigenvalue weighted by Crippen LogP contribution is 2.34. The topological polar surface area (TPSA) is 60.0 Å². The van der Waals surface area contributed by atoms with Crippen molar-refractivity contribution in [3.05, 3.63) is 41.5 Å². The maximum atomic E-state index is 5.77. The second kappa shape index (κ2) is 6.08. The van der Waals surface area contributed by atoms with Crippen LogP contribution in [0.1, 0.15) is 49.8 Å². The number of hydrogen-bond donors (Lipinski definition) is 1. The Labute approximate surface area is 131 Å². The molecule has 0 amide bonds. The Morgan fingerprint density at radius 1 is 1.36 bits per heavy atom. The van der Waals surface area contributed by atoms with Crippen molar-refractivity contribution in [2.24, 2.45) is 0 Å². The lowest BCUT2D eigenvalue weighted by atomic mass is 9.88. The van der Waals surface area contributed by atoms with E-state index >= 15 is 0 Å². The lowest BCUT2D eigenvalue weighted by molar-refractivity contribution is -0.0602. The van der Waals surface area contributed by atoms with Crippen molar-refractivity contribution < 1.29 is 9.47 Å². The molecule has 22 heavy (non-hydrogen) atoms. The predicted octanol–water partition coefficient (Wildman–Crippen LogP) is 3.08. The van der Waals surface area contributed by atoms with E-state index in [1.807, 2.05) is 18.2 Å². The summed E-state index contributed by atoms with van der Waals surface area (Å²) in [4.78, 5) is 4.69. The average molecular weight is 301 g/mol. The number of H-pyrrole nitrogens is 1. The van der Waals surface area contributed by atoms with Gasteiger partial charge in [0.25, 0.3) is 0 Å². The molecule has 1 aliphatic heterocycles. The molecule has 3 rings (SSSR count). The minimum Gasteiger partial charge on any atom is -0.496 e.